The molecule has 112 valence electrons. The summed E-state index contributed by atoms with van der Waals surface area (Å²) in [6, 6.07) is 15.9. The first-order valence-electron chi connectivity index (χ1n) is 7.33. The lowest BCUT2D eigenvalue weighted by Gasteiger charge is -2.03. The first kappa shape index (κ1) is 15.8. The van der Waals surface area contributed by atoms with Crippen LogP contribution >= 0.6 is 0 Å². The van der Waals surface area contributed by atoms with Crippen LogP contribution in [-0.4, -0.2) is 5.97 Å². The summed E-state index contributed by atoms with van der Waals surface area (Å²) in [7, 11) is 0. The molecule has 0 N–H and O–H groups in total. The summed E-state index contributed by atoms with van der Waals surface area (Å²) in [6.07, 6.45) is 5.15. The maximum Gasteiger partial charge on any atom is 0.338 e. The van der Waals surface area contributed by atoms with Crippen molar-refractivity contribution in [2.24, 2.45) is 0 Å². The predicted molar refractivity (Wildman–Crippen MR) is 91.6 cm³/mol. The lowest BCUT2D eigenvalue weighted by Crippen LogP contribution is -2.07. The minimum atomic E-state index is -0.403. The second kappa shape index (κ2) is 7.41. The molecule has 22 heavy (non-hydrogen) atoms. The number of benzene rings is 2. The van der Waals surface area contributed by atoms with E-state index in [1.807, 2.05) is 18.2 Å². The van der Waals surface area contributed by atoms with Crippen molar-refractivity contribution in [3.8, 4) is 5.75 Å². The van der Waals surface area contributed by atoms with Crippen LogP contribution in [0.3, 0.4) is 0 Å². The molecule has 2 heteroatoms. The average molecular weight is 292 g/mol. The van der Waals surface area contributed by atoms with Crippen LogP contribution in [0.25, 0.3) is 12.2 Å². The van der Waals surface area contributed by atoms with Crippen LogP contribution in [0.2, 0.25) is 0 Å². The van der Waals surface area contributed by atoms with Crippen molar-refractivity contribution < 1.29 is 9.53 Å². The molecule has 0 aliphatic heterocycles. The molecule has 0 bridgehead atoms. The van der Waals surface area contributed by atoms with Gasteiger partial charge in [0, 0.05) is 5.57 Å². The largest absolute Gasteiger partial charge is 0.423 e. The van der Waals surface area contributed by atoms with E-state index in [0.717, 1.165) is 17.5 Å². The molecular weight excluding hydrogens is 272 g/mol. The van der Waals surface area contributed by atoms with Gasteiger partial charge in [-0.2, -0.15) is 0 Å². The summed E-state index contributed by atoms with van der Waals surface area (Å²) in [5.41, 5.74) is 3.94. The zero-order valence-corrected chi connectivity index (χ0v) is 13.0. The predicted octanol–water partition coefficient (Wildman–Crippen LogP) is 4.90. The fourth-order valence-corrected chi connectivity index (χ4v) is 1.90. The highest BCUT2D eigenvalue weighted by molar-refractivity contribution is 5.88. The normalized spacial score (nSPS) is 10.6. The molecule has 0 amide bonds. The molecule has 0 saturated heterocycles. The molecule has 0 atom stereocenters. The maximum absolute atomic E-state index is 11.4. The topological polar surface area (TPSA) is 26.3 Å². The van der Waals surface area contributed by atoms with Gasteiger partial charge in [0.15, 0.2) is 0 Å². The lowest BCUT2D eigenvalue weighted by molar-refractivity contribution is -0.130. The number of hydrogen-bond donors (Lipinski definition) is 0. The number of esters is 1. The Bertz CT molecular complexity index is 677. The summed E-state index contributed by atoms with van der Waals surface area (Å²) in [5, 5.41) is 0. The standard InChI is InChI=1S/C20H20O2/c1-4-16-5-7-17(8-6-16)9-10-18-11-13-19(14-12-18)22-20(21)15(2)3/h5-14H,2,4H2,1,3H3/b10-9+. The van der Waals surface area contributed by atoms with Crippen LogP contribution in [0.4, 0.5) is 0 Å². The van der Waals surface area contributed by atoms with Gasteiger partial charge in [0.2, 0.25) is 0 Å². The molecule has 2 aromatic carbocycles. The molecule has 0 heterocycles. The Kier molecular flexibility index (Phi) is 5.31. The van der Waals surface area contributed by atoms with Crippen LogP contribution in [0.5, 0.6) is 5.75 Å². The molecule has 0 aliphatic rings. The van der Waals surface area contributed by atoms with E-state index in [4.69, 9.17) is 4.74 Å². The number of carbonyl (C=O) groups excluding carboxylic acids is 1. The fraction of sp³-hybridized carbons (Fsp3) is 0.150. The maximum atomic E-state index is 11.4. The van der Waals surface area contributed by atoms with Gasteiger partial charge in [0.25, 0.3) is 0 Å². The monoisotopic (exact) mass is 292 g/mol. The smallest absolute Gasteiger partial charge is 0.338 e. The van der Waals surface area contributed by atoms with E-state index in [0.29, 0.717) is 11.3 Å². The Labute approximate surface area is 131 Å². The third-order valence-corrected chi connectivity index (χ3v) is 3.30. The molecular formula is C20H20O2. The van der Waals surface area contributed by atoms with E-state index >= 15 is 0 Å². The minimum absolute atomic E-state index is 0.388. The van der Waals surface area contributed by atoms with Crippen molar-refractivity contribution in [2.75, 3.05) is 0 Å². The van der Waals surface area contributed by atoms with E-state index < -0.39 is 5.97 Å². The second-order valence-electron chi connectivity index (χ2n) is 5.17. The fourth-order valence-electron chi connectivity index (χ4n) is 1.90. The summed E-state index contributed by atoms with van der Waals surface area (Å²) in [4.78, 5) is 11.4. The van der Waals surface area contributed by atoms with Gasteiger partial charge in [-0.25, -0.2) is 4.79 Å². The second-order valence-corrected chi connectivity index (χ2v) is 5.17. The quantitative estimate of drug-likeness (QED) is 0.339. The van der Waals surface area contributed by atoms with E-state index in [9.17, 15) is 4.79 Å². The molecule has 2 aromatic rings. The summed E-state index contributed by atoms with van der Waals surface area (Å²) in [5.74, 6) is 0.122. The molecule has 2 rings (SSSR count). The van der Waals surface area contributed by atoms with Crippen LogP contribution in [-0.2, 0) is 11.2 Å². The van der Waals surface area contributed by atoms with Crippen molar-refractivity contribution in [1.29, 1.82) is 0 Å². The van der Waals surface area contributed by atoms with Crippen molar-refractivity contribution in [2.45, 2.75) is 20.3 Å². The Hall–Kier alpha value is -2.61. The van der Waals surface area contributed by atoms with Gasteiger partial charge in [0.1, 0.15) is 5.75 Å². The van der Waals surface area contributed by atoms with Gasteiger partial charge < -0.3 is 4.74 Å². The van der Waals surface area contributed by atoms with Gasteiger partial charge in [-0.3, -0.25) is 0 Å². The van der Waals surface area contributed by atoms with Gasteiger partial charge in [0.05, 0.1) is 0 Å². The Morgan fingerprint density at radius 1 is 1.00 bits per heavy atom. The highest BCUT2D eigenvalue weighted by Crippen LogP contribution is 2.16. The van der Waals surface area contributed by atoms with Gasteiger partial charge in [-0.05, 0) is 42.2 Å². The lowest BCUT2D eigenvalue weighted by atomic mass is 10.1. The molecule has 0 spiro atoms. The van der Waals surface area contributed by atoms with Crippen molar-refractivity contribution in [1.82, 2.24) is 0 Å². The molecule has 0 aliphatic carbocycles. The third-order valence-electron chi connectivity index (χ3n) is 3.30. The molecule has 0 fully saturated rings. The number of hydrogen-bond acceptors (Lipinski definition) is 2. The summed E-state index contributed by atoms with van der Waals surface area (Å²) >= 11 is 0. The van der Waals surface area contributed by atoms with E-state index in [1.54, 1.807) is 19.1 Å². The van der Waals surface area contributed by atoms with E-state index in [1.165, 1.54) is 5.56 Å². The Balaban J connectivity index is 2.02. The highest BCUT2D eigenvalue weighted by atomic mass is 16.5. The Morgan fingerprint density at radius 3 is 1.95 bits per heavy atom. The Morgan fingerprint density at radius 2 is 1.50 bits per heavy atom. The first-order valence-corrected chi connectivity index (χ1v) is 7.33. The van der Waals surface area contributed by atoms with Crippen LogP contribution in [0, 0.1) is 0 Å². The molecule has 0 aromatic heterocycles. The minimum Gasteiger partial charge on any atom is -0.423 e. The molecule has 2 nitrogen and oxygen atoms in total. The zero-order chi connectivity index (χ0) is 15.9. The number of ether oxygens (including phenoxy) is 1. The van der Waals surface area contributed by atoms with Gasteiger partial charge in [-0.15, -0.1) is 0 Å². The summed E-state index contributed by atoms with van der Waals surface area (Å²) < 4.78 is 5.16. The van der Waals surface area contributed by atoms with Crippen LogP contribution < -0.4 is 4.74 Å². The molecule has 0 unspecified atom stereocenters. The number of carbonyl (C=O) groups is 1. The SMILES string of the molecule is C=C(C)C(=O)Oc1ccc(/C=C/c2ccc(CC)cc2)cc1. The van der Waals surface area contributed by atoms with Crippen molar-refractivity contribution in [3.63, 3.8) is 0 Å². The average Bonchev–Trinajstić information content (AvgIpc) is 2.54. The number of aryl methyl sites for hydroxylation is 1. The highest BCUT2D eigenvalue weighted by Gasteiger charge is 2.04. The summed E-state index contributed by atoms with van der Waals surface area (Å²) in [6.45, 7) is 7.33. The number of rotatable bonds is 5. The van der Waals surface area contributed by atoms with E-state index in [2.05, 4.69) is 43.8 Å². The van der Waals surface area contributed by atoms with Crippen LogP contribution in [0.15, 0.2) is 60.7 Å². The zero-order valence-electron chi connectivity index (χ0n) is 13.0. The van der Waals surface area contributed by atoms with Crippen molar-refractivity contribution >= 4 is 18.1 Å². The molecule has 0 saturated carbocycles. The third kappa shape index (κ3) is 4.45. The van der Waals surface area contributed by atoms with Gasteiger partial charge in [-0.1, -0.05) is 62.1 Å². The molecule has 0 radical (unpaired) electrons. The van der Waals surface area contributed by atoms with Crippen molar-refractivity contribution in [3.05, 3.63) is 77.4 Å². The van der Waals surface area contributed by atoms with E-state index in [-0.39, 0.29) is 0 Å². The first-order chi connectivity index (χ1) is 10.6. The van der Waals surface area contributed by atoms with Crippen LogP contribution in [0.1, 0.15) is 30.5 Å². The van der Waals surface area contributed by atoms with Gasteiger partial charge >= 0.3 is 5.97 Å².